The molecule has 8 nitrogen and oxygen atoms in total. The Kier molecular flexibility index (Phi) is 5.58. The molecule has 2 saturated heterocycles. The Morgan fingerprint density at radius 1 is 0.912 bits per heavy atom. The number of nitrogens with zero attached hydrogens (tertiary/aromatic N) is 5. The lowest BCUT2D eigenvalue weighted by Gasteiger charge is -2.33. The molecule has 0 atom stereocenters. The van der Waals surface area contributed by atoms with Gasteiger partial charge in [-0.05, 0) is 68.5 Å². The van der Waals surface area contributed by atoms with E-state index in [1.807, 2.05) is 24.3 Å². The van der Waals surface area contributed by atoms with Crippen molar-refractivity contribution in [3.63, 3.8) is 0 Å². The van der Waals surface area contributed by atoms with E-state index in [0.29, 0.717) is 23.1 Å². The van der Waals surface area contributed by atoms with Crippen LogP contribution in [-0.4, -0.2) is 56.4 Å². The summed E-state index contributed by atoms with van der Waals surface area (Å²) >= 11 is 0. The smallest absolute Gasteiger partial charge is 0.160 e. The third-order valence-electron chi connectivity index (χ3n) is 7.34. The molecular formula is C26H29N7O. The minimum atomic E-state index is 0.218. The van der Waals surface area contributed by atoms with Crippen LogP contribution in [0.4, 0.5) is 5.82 Å². The van der Waals surface area contributed by atoms with Crippen molar-refractivity contribution < 1.29 is 5.11 Å². The van der Waals surface area contributed by atoms with Crippen molar-refractivity contribution in [2.45, 2.75) is 37.5 Å². The Bertz CT molecular complexity index is 1290. The fourth-order valence-electron chi connectivity index (χ4n) is 5.40. The largest absolute Gasteiger partial charge is 0.507 e. The number of aromatic amines is 1. The summed E-state index contributed by atoms with van der Waals surface area (Å²) in [5.41, 5.74) is 4.64. The third-order valence-corrected chi connectivity index (χ3v) is 7.34. The van der Waals surface area contributed by atoms with Gasteiger partial charge in [-0.15, -0.1) is 10.2 Å². The summed E-state index contributed by atoms with van der Waals surface area (Å²) in [6.45, 7) is 4.06. The number of piperidine rings is 2. The number of hydrogen-bond acceptors (Lipinski definition) is 7. The van der Waals surface area contributed by atoms with Gasteiger partial charge in [0.05, 0.1) is 5.69 Å². The first-order chi connectivity index (χ1) is 16.8. The number of aromatic hydroxyl groups is 1. The van der Waals surface area contributed by atoms with Gasteiger partial charge >= 0.3 is 0 Å². The maximum Gasteiger partial charge on any atom is 0.160 e. The summed E-state index contributed by atoms with van der Waals surface area (Å²) in [6.07, 6.45) is 8.20. The number of rotatable bonds is 4. The summed E-state index contributed by atoms with van der Waals surface area (Å²) in [5, 5.41) is 23.5. The van der Waals surface area contributed by atoms with E-state index < -0.39 is 0 Å². The zero-order valence-electron chi connectivity index (χ0n) is 19.1. The Labute approximate surface area is 198 Å². The van der Waals surface area contributed by atoms with Crippen molar-refractivity contribution in [2.75, 3.05) is 31.1 Å². The molecule has 3 aromatic heterocycles. The lowest BCUT2D eigenvalue weighted by molar-refractivity contribution is 0.452. The zero-order valence-corrected chi connectivity index (χ0v) is 19.1. The normalized spacial score (nSPS) is 17.9. The predicted octanol–water partition coefficient (Wildman–Crippen LogP) is 3.97. The first-order valence-corrected chi connectivity index (χ1v) is 12.2. The van der Waals surface area contributed by atoms with Crippen LogP contribution < -0.4 is 10.2 Å². The van der Waals surface area contributed by atoms with E-state index in [1.165, 1.54) is 11.3 Å². The number of hydrogen-bond donors (Lipinski definition) is 3. The SMILES string of the molecule is Oc1ccccc1-c1cc2c(C3CCN(c4cc(C5CCNCC5)ncn4)CC3)c[nH]c2nn1. The molecule has 8 heteroatoms. The summed E-state index contributed by atoms with van der Waals surface area (Å²) < 4.78 is 0. The van der Waals surface area contributed by atoms with Crippen molar-refractivity contribution in [3.05, 3.63) is 60.2 Å². The number of phenolic OH excluding ortho intramolecular Hbond substituents is 1. The molecule has 174 valence electrons. The Morgan fingerprint density at radius 2 is 1.74 bits per heavy atom. The molecule has 2 fully saturated rings. The van der Waals surface area contributed by atoms with E-state index in [0.717, 1.165) is 68.7 Å². The summed E-state index contributed by atoms with van der Waals surface area (Å²) in [7, 11) is 0. The summed E-state index contributed by atoms with van der Waals surface area (Å²) in [4.78, 5) is 14.9. The van der Waals surface area contributed by atoms with Crippen molar-refractivity contribution in [1.29, 1.82) is 0 Å². The highest BCUT2D eigenvalue weighted by atomic mass is 16.3. The van der Waals surface area contributed by atoms with Crippen LogP contribution in [-0.2, 0) is 0 Å². The minimum Gasteiger partial charge on any atom is -0.507 e. The molecule has 6 rings (SSSR count). The van der Waals surface area contributed by atoms with Crippen molar-refractivity contribution in [2.24, 2.45) is 0 Å². The van der Waals surface area contributed by atoms with Gasteiger partial charge in [-0.1, -0.05) is 12.1 Å². The van der Waals surface area contributed by atoms with E-state index in [-0.39, 0.29) is 5.75 Å². The van der Waals surface area contributed by atoms with Crippen LogP contribution in [0.25, 0.3) is 22.3 Å². The van der Waals surface area contributed by atoms with Crippen molar-refractivity contribution >= 4 is 16.9 Å². The first-order valence-electron chi connectivity index (χ1n) is 12.2. The lowest BCUT2D eigenvalue weighted by Crippen LogP contribution is -2.33. The molecule has 0 saturated carbocycles. The highest BCUT2D eigenvalue weighted by molar-refractivity contribution is 5.84. The average molecular weight is 456 g/mol. The molecule has 0 spiro atoms. The monoisotopic (exact) mass is 455 g/mol. The predicted molar refractivity (Wildman–Crippen MR) is 132 cm³/mol. The number of H-pyrrole nitrogens is 1. The van der Waals surface area contributed by atoms with Crippen LogP contribution >= 0.6 is 0 Å². The number of fused-ring (bicyclic) bond motifs is 1. The number of nitrogens with one attached hydrogen (secondary N) is 2. The molecule has 0 radical (unpaired) electrons. The zero-order chi connectivity index (χ0) is 22.9. The molecule has 0 aliphatic carbocycles. The summed E-state index contributed by atoms with van der Waals surface area (Å²) in [5.74, 6) is 2.24. The van der Waals surface area contributed by atoms with Gasteiger partial charge in [0.15, 0.2) is 5.65 Å². The Morgan fingerprint density at radius 3 is 2.56 bits per heavy atom. The van der Waals surface area contributed by atoms with E-state index in [9.17, 15) is 5.11 Å². The fraction of sp³-hybridized carbons (Fsp3) is 0.385. The Balaban J connectivity index is 1.20. The number of benzene rings is 1. The van der Waals surface area contributed by atoms with Crippen LogP contribution in [0.15, 0.2) is 48.9 Å². The van der Waals surface area contributed by atoms with Crippen molar-refractivity contribution in [1.82, 2.24) is 30.5 Å². The molecule has 0 amide bonds. The van der Waals surface area contributed by atoms with Crippen LogP contribution in [0, 0.1) is 0 Å². The van der Waals surface area contributed by atoms with Gasteiger partial charge < -0.3 is 20.3 Å². The molecular weight excluding hydrogens is 426 g/mol. The third kappa shape index (κ3) is 3.98. The molecule has 3 N–H and O–H groups in total. The topological polar surface area (TPSA) is 103 Å². The molecule has 34 heavy (non-hydrogen) atoms. The van der Waals surface area contributed by atoms with Gasteiger partial charge in [-0.2, -0.15) is 0 Å². The maximum atomic E-state index is 10.3. The van der Waals surface area contributed by atoms with Crippen LogP contribution in [0.2, 0.25) is 0 Å². The van der Waals surface area contributed by atoms with E-state index in [4.69, 9.17) is 0 Å². The van der Waals surface area contributed by atoms with E-state index in [2.05, 4.69) is 47.6 Å². The van der Waals surface area contributed by atoms with Gasteiger partial charge in [-0.3, -0.25) is 0 Å². The van der Waals surface area contributed by atoms with Crippen LogP contribution in [0.3, 0.4) is 0 Å². The highest BCUT2D eigenvalue weighted by Gasteiger charge is 2.25. The average Bonchev–Trinajstić information content (AvgIpc) is 3.33. The molecule has 1 aromatic carbocycles. The standard InChI is InChI=1S/C26H29N7O/c34-24-4-2-1-3-19(24)23-13-20-21(15-28-26(20)32-31-23)17-7-11-33(12-8-17)25-14-22(29-16-30-25)18-5-9-27-10-6-18/h1-4,13-18,27,34H,5-12H2,(H,28,32). The number of anilines is 1. The van der Waals surface area contributed by atoms with Gasteiger partial charge in [0.2, 0.25) is 0 Å². The van der Waals surface area contributed by atoms with Crippen LogP contribution in [0.1, 0.15) is 48.8 Å². The molecule has 2 aliphatic heterocycles. The maximum absolute atomic E-state index is 10.3. The first kappa shape index (κ1) is 21.0. The van der Waals surface area contributed by atoms with E-state index >= 15 is 0 Å². The number of phenols is 1. The van der Waals surface area contributed by atoms with Gasteiger partial charge in [0, 0.05) is 47.9 Å². The van der Waals surface area contributed by atoms with Gasteiger partial charge in [0.1, 0.15) is 17.9 Å². The van der Waals surface area contributed by atoms with Gasteiger partial charge in [0.25, 0.3) is 0 Å². The van der Waals surface area contributed by atoms with Gasteiger partial charge in [-0.25, -0.2) is 9.97 Å². The molecule has 2 aliphatic rings. The number of para-hydroxylation sites is 1. The molecule has 0 bridgehead atoms. The lowest BCUT2D eigenvalue weighted by atomic mass is 9.89. The molecule has 4 aromatic rings. The minimum absolute atomic E-state index is 0.218. The van der Waals surface area contributed by atoms with E-state index in [1.54, 1.807) is 12.4 Å². The fourth-order valence-corrected chi connectivity index (χ4v) is 5.40. The second kappa shape index (κ2) is 9.02. The highest BCUT2D eigenvalue weighted by Crippen LogP contribution is 2.36. The van der Waals surface area contributed by atoms with Crippen molar-refractivity contribution in [3.8, 4) is 17.0 Å². The molecule has 5 heterocycles. The second-order valence-electron chi connectivity index (χ2n) is 9.34. The second-order valence-corrected chi connectivity index (χ2v) is 9.34. The number of aromatic nitrogens is 5. The molecule has 0 unspecified atom stereocenters. The van der Waals surface area contributed by atoms with Crippen LogP contribution in [0.5, 0.6) is 5.75 Å². The summed E-state index contributed by atoms with van der Waals surface area (Å²) in [6, 6.07) is 11.5. The quantitative estimate of drug-likeness (QED) is 0.428. The Hall–Kier alpha value is -3.52.